The molecule has 1 aromatic rings. The van der Waals surface area contributed by atoms with E-state index in [1.807, 2.05) is 35.2 Å². The lowest BCUT2D eigenvalue weighted by Crippen LogP contribution is -2.49. The predicted octanol–water partition coefficient (Wildman–Crippen LogP) is 2.85. The average Bonchev–Trinajstić information content (AvgIpc) is 2.37. The fourth-order valence-electron chi connectivity index (χ4n) is 2.65. The molecule has 0 aromatic heterocycles. The highest BCUT2D eigenvalue weighted by molar-refractivity contribution is 5.78. The van der Waals surface area contributed by atoms with Gasteiger partial charge < -0.3 is 9.64 Å². The van der Waals surface area contributed by atoms with E-state index in [-0.39, 0.29) is 12.5 Å². The highest BCUT2D eigenvalue weighted by atomic mass is 16.5. The van der Waals surface area contributed by atoms with Crippen LogP contribution in [0.15, 0.2) is 30.3 Å². The van der Waals surface area contributed by atoms with E-state index in [9.17, 15) is 4.79 Å². The quantitative estimate of drug-likeness (QED) is 0.822. The normalized spacial score (nSPS) is 23.8. The van der Waals surface area contributed by atoms with Gasteiger partial charge in [-0.3, -0.25) is 4.79 Å². The number of nitrogens with zero attached hydrogens (tertiary/aromatic N) is 1. The third-order valence-electron chi connectivity index (χ3n) is 3.59. The maximum Gasteiger partial charge on any atom is 0.260 e. The summed E-state index contributed by atoms with van der Waals surface area (Å²) in [7, 11) is 0. The van der Waals surface area contributed by atoms with Crippen molar-refractivity contribution >= 4 is 5.91 Å². The van der Waals surface area contributed by atoms with Crippen LogP contribution in [0, 0.1) is 0 Å². The Hall–Kier alpha value is -1.51. The van der Waals surface area contributed by atoms with Gasteiger partial charge in [-0.2, -0.15) is 0 Å². The molecule has 1 heterocycles. The minimum Gasteiger partial charge on any atom is -0.484 e. The molecular formula is C15H21NO2. The molecule has 18 heavy (non-hydrogen) atoms. The van der Waals surface area contributed by atoms with Gasteiger partial charge in [-0.05, 0) is 45.2 Å². The summed E-state index contributed by atoms with van der Waals surface area (Å²) in [4.78, 5) is 14.2. The summed E-state index contributed by atoms with van der Waals surface area (Å²) in [6.45, 7) is 4.38. The Bertz CT molecular complexity index is 381. The lowest BCUT2D eigenvalue weighted by atomic mass is 9.97. The summed E-state index contributed by atoms with van der Waals surface area (Å²) >= 11 is 0. The molecule has 0 spiro atoms. The molecule has 98 valence electrons. The Kier molecular flexibility index (Phi) is 4.24. The first-order valence-electron chi connectivity index (χ1n) is 6.67. The smallest absolute Gasteiger partial charge is 0.260 e. The molecule has 1 saturated heterocycles. The second-order valence-corrected chi connectivity index (χ2v) is 5.03. The van der Waals surface area contributed by atoms with Crippen molar-refractivity contribution in [2.45, 2.75) is 45.2 Å². The van der Waals surface area contributed by atoms with Crippen molar-refractivity contribution in [2.24, 2.45) is 0 Å². The molecule has 0 N–H and O–H groups in total. The van der Waals surface area contributed by atoms with Gasteiger partial charge in [0.1, 0.15) is 5.75 Å². The number of rotatable bonds is 3. The standard InChI is InChI=1S/C15H21NO2/c1-12-7-6-8-13(2)16(12)15(17)11-18-14-9-4-3-5-10-14/h3-5,9-10,12-13H,6-8,11H2,1-2H3. The average molecular weight is 247 g/mol. The van der Waals surface area contributed by atoms with E-state index in [0.29, 0.717) is 12.1 Å². The zero-order chi connectivity index (χ0) is 13.0. The van der Waals surface area contributed by atoms with Crippen LogP contribution in [0.4, 0.5) is 0 Å². The van der Waals surface area contributed by atoms with E-state index >= 15 is 0 Å². The molecule has 2 atom stereocenters. The highest BCUT2D eigenvalue weighted by Gasteiger charge is 2.28. The first kappa shape index (κ1) is 12.9. The second-order valence-electron chi connectivity index (χ2n) is 5.03. The Balaban J connectivity index is 1.91. The van der Waals surface area contributed by atoms with Crippen molar-refractivity contribution in [1.82, 2.24) is 4.90 Å². The van der Waals surface area contributed by atoms with E-state index in [0.717, 1.165) is 18.6 Å². The fourth-order valence-corrected chi connectivity index (χ4v) is 2.65. The summed E-state index contributed by atoms with van der Waals surface area (Å²) in [6.07, 6.45) is 3.41. The van der Waals surface area contributed by atoms with E-state index in [1.54, 1.807) is 0 Å². The number of benzene rings is 1. The third-order valence-corrected chi connectivity index (χ3v) is 3.59. The predicted molar refractivity (Wildman–Crippen MR) is 71.6 cm³/mol. The van der Waals surface area contributed by atoms with E-state index in [1.165, 1.54) is 6.42 Å². The molecule has 0 saturated carbocycles. The van der Waals surface area contributed by atoms with Crippen molar-refractivity contribution in [1.29, 1.82) is 0 Å². The van der Waals surface area contributed by atoms with Crippen molar-refractivity contribution < 1.29 is 9.53 Å². The number of hydrogen-bond acceptors (Lipinski definition) is 2. The van der Waals surface area contributed by atoms with Crippen LogP contribution in [0.1, 0.15) is 33.1 Å². The van der Waals surface area contributed by atoms with Gasteiger partial charge >= 0.3 is 0 Å². The van der Waals surface area contributed by atoms with Gasteiger partial charge in [0.2, 0.25) is 0 Å². The van der Waals surface area contributed by atoms with Crippen molar-refractivity contribution in [3.05, 3.63) is 30.3 Å². The summed E-state index contributed by atoms with van der Waals surface area (Å²) in [6, 6.07) is 10.2. The molecule has 3 nitrogen and oxygen atoms in total. The van der Waals surface area contributed by atoms with Gasteiger partial charge in [-0.1, -0.05) is 18.2 Å². The second kappa shape index (κ2) is 5.89. The Morgan fingerprint density at radius 3 is 2.44 bits per heavy atom. The summed E-state index contributed by atoms with van der Waals surface area (Å²) in [5, 5.41) is 0. The van der Waals surface area contributed by atoms with Gasteiger partial charge in [-0.15, -0.1) is 0 Å². The van der Waals surface area contributed by atoms with Crippen LogP contribution in [0.5, 0.6) is 5.75 Å². The number of piperidine rings is 1. The largest absolute Gasteiger partial charge is 0.484 e. The zero-order valence-corrected chi connectivity index (χ0v) is 11.1. The first-order valence-corrected chi connectivity index (χ1v) is 6.67. The van der Waals surface area contributed by atoms with Crippen LogP contribution in [0.2, 0.25) is 0 Å². The number of carbonyl (C=O) groups excluding carboxylic acids is 1. The number of carbonyl (C=O) groups is 1. The molecule has 0 bridgehead atoms. The molecule has 0 radical (unpaired) electrons. The number of likely N-dealkylation sites (tertiary alicyclic amines) is 1. The van der Waals surface area contributed by atoms with E-state index in [4.69, 9.17) is 4.74 Å². The lowest BCUT2D eigenvalue weighted by molar-refractivity contribution is -0.139. The molecular weight excluding hydrogens is 226 g/mol. The van der Waals surface area contributed by atoms with Gasteiger partial charge in [0.15, 0.2) is 6.61 Å². The Labute approximate surface area is 109 Å². The third kappa shape index (κ3) is 3.03. The number of ether oxygens (including phenoxy) is 1. The number of amides is 1. The van der Waals surface area contributed by atoms with Crippen LogP contribution >= 0.6 is 0 Å². The van der Waals surface area contributed by atoms with Crippen LogP contribution in [-0.4, -0.2) is 29.5 Å². The number of para-hydroxylation sites is 1. The fraction of sp³-hybridized carbons (Fsp3) is 0.533. The molecule has 3 heteroatoms. The maximum atomic E-state index is 12.2. The zero-order valence-electron chi connectivity index (χ0n) is 11.1. The van der Waals surface area contributed by atoms with Crippen LogP contribution in [0.3, 0.4) is 0 Å². The van der Waals surface area contributed by atoms with Crippen molar-refractivity contribution in [3.8, 4) is 5.75 Å². The van der Waals surface area contributed by atoms with Gasteiger partial charge in [0.05, 0.1) is 0 Å². The van der Waals surface area contributed by atoms with Crippen LogP contribution in [-0.2, 0) is 4.79 Å². The Morgan fingerprint density at radius 2 is 1.83 bits per heavy atom. The van der Waals surface area contributed by atoms with Crippen molar-refractivity contribution in [2.75, 3.05) is 6.61 Å². The van der Waals surface area contributed by atoms with E-state index in [2.05, 4.69) is 13.8 Å². The number of hydrogen-bond donors (Lipinski definition) is 0. The van der Waals surface area contributed by atoms with Crippen LogP contribution in [0.25, 0.3) is 0 Å². The monoisotopic (exact) mass is 247 g/mol. The highest BCUT2D eigenvalue weighted by Crippen LogP contribution is 2.22. The summed E-state index contributed by atoms with van der Waals surface area (Å²) in [5.41, 5.74) is 0. The summed E-state index contributed by atoms with van der Waals surface area (Å²) < 4.78 is 5.53. The molecule has 1 aromatic carbocycles. The van der Waals surface area contributed by atoms with Crippen LogP contribution < -0.4 is 4.74 Å². The van der Waals surface area contributed by atoms with Crippen molar-refractivity contribution in [3.63, 3.8) is 0 Å². The molecule has 2 unspecified atom stereocenters. The topological polar surface area (TPSA) is 29.5 Å². The van der Waals surface area contributed by atoms with E-state index < -0.39 is 0 Å². The van der Waals surface area contributed by atoms with Gasteiger partial charge in [0.25, 0.3) is 5.91 Å². The molecule has 1 amide bonds. The maximum absolute atomic E-state index is 12.2. The molecule has 1 aliphatic heterocycles. The first-order chi connectivity index (χ1) is 8.68. The summed E-state index contributed by atoms with van der Waals surface area (Å²) in [5.74, 6) is 0.849. The molecule has 2 rings (SSSR count). The molecule has 1 aliphatic rings. The SMILES string of the molecule is CC1CCCC(C)N1C(=O)COc1ccccc1. The molecule has 1 fully saturated rings. The molecule has 0 aliphatic carbocycles. The lowest BCUT2D eigenvalue weighted by Gasteiger charge is -2.38. The minimum absolute atomic E-state index is 0.0959. The Morgan fingerprint density at radius 1 is 1.22 bits per heavy atom. The van der Waals surface area contributed by atoms with Gasteiger partial charge in [0, 0.05) is 12.1 Å². The van der Waals surface area contributed by atoms with Gasteiger partial charge in [-0.25, -0.2) is 0 Å². The minimum atomic E-state index is 0.0959.